The van der Waals surface area contributed by atoms with Crippen LogP contribution in [-0.4, -0.2) is 5.11 Å². The van der Waals surface area contributed by atoms with Crippen molar-refractivity contribution in [3.63, 3.8) is 0 Å². The van der Waals surface area contributed by atoms with Gasteiger partial charge in [0.1, 0.15) is 17.2 Å². The van der Waals surface area contributed by atoms with Crippen LogP contribution in [0.4, 0.5) is 0 Å². The molecule has 4 heteroatoms. The molecule has 24 heavy (non-hydrogen) atoms. The maximum absolute atomic E-state index is 9.07. The quantitative estimate of drug-likeness (QED) is 0.455. The Hall–Kier alpha value is -1.78. The molecule has 0 heterocycles. The Morgan fingerprint density at radius 1 is 0.750 bits per heavy atom. The van der Waals surface area contributed by atoms with Gasteiger partial charge < -0.3 is 9.84 Å². The first-order valence-electron chi connectivity index (χ1n) is 7.40. The molecule has 2 nitrogen and oxygen atoms in total. The highest BCUT2D eigenvalue weighted by molar-refractivity contribution is 9.10. The number of aryl methyl sites for hydroxylation is 2. The Balaban J connectivity index is 0.000000198. The molecule has 0 unspecified atom stereocenters. The van der Waals surface area contributed by atoms with Gasteiger partial charge in [0, 0.05) is 8.95 Å². The first-order valence-corrected chi connectivity index (χ1v) is 8.98. The number of aromatic hydroxyl groups is 1. The fraction of sp³-hybridized carbons (Fsp3) is 0.100. The minimum atomic E-state index is 0.337. The van der Waals surface area contributed by atoms with Gasteiger partial charge in [-0.2, -0.15) is 0 Å². The van der Waals surface area contributed by atoms with Crippen molar-refractivity contribution in [3.05, 3.63) is 86.8 Å². The summed E-state index contributed by atoms with van der Waals surface area (Å²) >= 11 is 6.67. The Morgan fingerprint density at radius 3 is 1.92 bits per heavy atom. The summed E-state index contributed by atoms with van der Waals surface area (Å²) in [4.78, 5) is 0. The second kappa shape index (κ2) is 8.90. The molecular formula is C20H18Br2O2. The molecule has 0 fully saturated rings. The van der Waals surface area contributed by atoms with E-state index in [-0.39, 0.29) is 0 Å². The summed E-state index contributed by atoms with van der Waals surface area (Å²) in [5.41, 5.74) is 2.03. The van der Waals surface area contributed by atoms with Crippen molar-refractivity contribution in [2.45, 2.75) is 13.8 Å². The number of rotatable bonds is 2. The molecule has 0 saturated heterocycles. The van der Waals surface area contributed by atoms with Gasteiger partial charge in [-0.1, -0.05) is 62.2 Å². The smallest absolute Gasteiger partial charge is 0.131 e. The van der Waals surface area contributed by atoms with E-state index in [0.29, 0.717) is 5.75 Å². The van der Waals surface area contributed by atoms with Gasteiger partial charge in [0.2, 0.25) is 0 Å². The average Bonchev–Trinajstić information content (AvgIpc) is 2.56. The van der Waals surface area contributed by atoms with Crippen molar-refractivity contribution < 1.29 is 9.84 Å². The lowest BCUT2D eigenvalue weighted by Crippen LogP contribution is -1.86. The van der Waals surface area contributed by atoms with E-state index < -0.39 is 0 Å². The standard InChI is InChI=1S/C13H11BrO.C7H7BrO/c1-10-7-8-11(14)9-13(10)15-12-5-3-2-4-6-12;1-5-2-3-6(8)4-7(5)9/h2-9H,1H3;2-4,9H,1H3. The van der Waals surface area contributed by atoms with E-state index in [9.17, 15) is 0 Å². The number of ether oxygens (including phenoxy) is 1. The third-order valence-corrected chi connectivity index (χ3v) is 4.28. The molecule has 0 aromatic heterocycles. The van der Waals surface area contributed by atoms with E-state index in [4.69, 9.17) is 9.84 Å². The van der Waals surface area contributed by atoms with Crippen LogP contribution in [0.2, 0.25) is 0 Å². The number of hydrogen-bond acceptors (Lipinski definition) is 2. The fourth-order valence-electron chi connectivity index (χ4n) is 1.88. The number of halogens is 2. The summed E-state index contributed by atoms with van der Waals surface area (Å²) in [5, 5.41) is 9.07. The molecule has 3 aromatic rings. The maximum Gasteiger partial charge on any atom is 0.131 e. The lowest BCUT2D eigenvalue weighted by molar-refractivity contribution is 0.470. The number of phenolic OH excluding ortho intramolecular Hbond substituents is 1. The summed E-state index contributed by atoms with van der Waals surface area (Å²) in [5.74, 6) is 2.08. The molecule has 0 spiro atoms. The number of benzene rings is 3. The normalized spacial score (nSPS) is 9.83. The Kier molecular flexibility index (Phi) is 6.88. The second-order valence-corrected chi connectivity index (χ2v) is 7.09. The zero-order valence-electron chi connectivity index (χ0n) is 13.5. The molecule has 3 aromatic carbocycles. The molecule has 0 bridgehead atoms. The highest BCUT2D eigenvalue weighted by Gasteiger charge is 2.01. The van der Waals surface area contributed by atoms with E-state index in [1.54, 1.807) is 6.07 Å². The van der Waals surface area contributed by atoms with Crippen LogP contribution in [0.5, 0.6) is 17.2 Å². The SMILES string of the molecule is Cc1ccc(Br)cc1O.Cc1ccc(Br)cc1Oc1ccccc1. The van der Waals surface area contributed by atoms with Crippen LogP contribution >= 0.6 is 31.9 Å². The summed E-state index contributed by atoms with van der Waals surface area (Å²) < 4.78 is 7.69. The highest BCUT2D eigenvalue weighted by Crippen LogP contribution is 2.27. The summed E-state index contributed by atoms with van der Waals surface area (Å²) in [7, 11) is 0. The van der Waals surface area contributed by atoms with Crippen LogP contribution in [0.25, 0.3) is 0 Å². The van der Waals surface area contributed by atoms with E-state index in [2.05, 4.69) is 31.9 Å². The van der Waals surface area contributed by atoms with Crippen LogP contribution in [0.1, 0.15) is 11.1 Å². The average molecular weight is 450 g/mol. The van der Waals surface area contributed by atoms with Crippen molar-refractivity contribution in [2.24, 2.45) is 0 Å². The van der Waals surface area contributed by atoms with Crippen molar-refractivity contribution in [3.8, 4) is 17.2 Å². The van der Waals surface area contributed by atoms with Crippen LogP contribution in [0, 0.1) is 13.8 Å². The fourth-order valence-corrected chi connectivity index (χ4v) is 2.57. The summed E-state index contributed by atoms with van der Waals surface area (Å²) in [6.07, 6.45) is 0. The molecule has 3 rings (SSSR count). The van der Waals surface area contributed by atoms with E-state index in [1.807, 2.05) is 74.5 Å². The Bertz CT molecular complexity index is 802. The van der Waals surface area contributed by atoms with Crippen molar-refractivity contribution >= 4 is 31.9 Å². The molecule has 0 radical (unpaired) electrons. The van der Waals surface area contributed by atoms with Gasteiger partial charge in [0.05, 0.1) is 0 Å². The van der Waals surface area contributed by atoms with E-state index >= 15 is 0 Å². The molecule has 0 aliphatic rings. The van der Waals surface area contributed by atoms with Crippen molar-refractivity contribution in [1.29, 1.82) is 0 Å². The van der Waals surface area contributed by atoms with Crippen molar-refractivity contribution in [2.75, 3.05) is 0 Å². The third kappa shape index (κ3) is 5.69. The first kappa shape index (κ1) is 18.6. The van der Waals surface area contributed by atoms with Crippen LogP contribution in [0.3, 0.4) is 0 Å². The predicted molar refractivity (Wildman–Crippen MR) is 106 cm³/mol. The molecule has 0 aliphatic heterocycles. The maximum atomic E-state index is 9.07. The minimum Gasteiger partial charge on any atom is -0.508 e. The lowest BCUT2D eigenvalue weighted by Gasteiger charge is -2.08. The number of hydrogen-bond donors (Lipinski definition) is 1. The topological polar surface area (TPSA) is 29.5 Å². The first-order chi connectivity index (χ1) is 11.5. The Labute approximate surface area is 159 Å². The molecule has 0 atom stereocenters. The van der Waals surface area contributed by atoms with Crippen molar-refractivity contribution in [1.82, 2.24) is 0 Å². The van der Waals surface area contributed by atoms with Gasteiger partial charge in [0.25, 0.3) is 0 Å². The van der Waals surface area contributed by atoms with Crippen LogP contribution in [0.15, 0.2) is 75.7 Å². The summed E-state index contributed by atoms with van der Waals surface area (Å²) in [6.45, 7) is 3.90. The molecule has 0 amide bonds. The van der Waals surface area contributed by atoms with Crippen LogP contribution < -0.4 is 4.74 Å². The Morgan fingerprint density at radius 2 is 1.33 bits per heavy atom. The highest BCUT2D eigenvalue weighted by atomic mass is 79.9. The monoisotopic (exact) mass is 448 g/mol. The van der Waals surface area contributed by atoms with Crippen LogP contribution in [-0.2, 0) is 0 Å². The van der Waals surface area contributed by atoms with Gasteiger partial charge in [-0.25, -0.2) is 0 Å². The minimum absolute atomic E-state index is 0.337. The van der Waals surface area contributed by atoms with Gasteiger partial charge in [0.15, 0.2) is 0 Å². The lowest BCUT2D eigenvalue weighted by atomic mass is 10.2. The largest absolute Gasteiger partial charge is 0.508 e. The molecule has 1 N–H and O–H groups in total. The molecular weight excluding hydrogens is 432 g/mol. The summed E-state index contributed by atoms with van der Waals surface area (Å²) in [6, 6.07) is 21.2. The number of para-hydroxylation sites is 1. The van der Waals surface area contributed by atoms with E-state index in [0.717, 1.165) is 31.6 Å². The zero-order chi connectivity index (χ0) is 17.5. The molecule has 0 aliphatic carbocycles. The van der Waals surface area contributed by atoms with Gasteiger partial charge in [-0.3, -0.25) is 0 Å². The third-order valence-electron chi connectivity index (χ3n) is 3.29. The molecule has 0 saturated carbocycles. The zero-order valence-corrected chi connectivity index (χ0v) is 16.6. The van der Waals surface area contributed by atoms with Gasteiger partial charge in [-0.15, -0.1) is 0 Å². The van der Waals surface area contributed by atoms with Gasteiger partial charge >= 0.3 is 0 Å². The van der Waals surface area contributed by atoms with Gasteiger partial charge in [-0.05, 0) is 61.4 Å². The second-order valence-electron chi connectivity index (χ2n) is 5.26. The number of phenols is 1. The van der Waals surface area contributed by atoms with E-state index in [1.165, 1.54) is 0 Å². The molecule has 124 valence electrons. The predicted octanol–water partition coefficient (Wildman–Crippen LogP) is 7.01.